The average Bonchev–Trinajstić information content (AvgIpc) is 3.10. The van der Waals surface area contributed by atoms with Gasteiger partial charge in [0.15, 0.2) is 5.82 Å². The summed E-state index contributed by atoms with van der Waals surface area (Å²) in [6.07, 6.45) is 1.62. The summed E-state index contributed by atoms with van der Waals surface area (Å²) in [5.74, 6) is -0.782. The van der Waals surface area contributed by atoms with Crippen molar-refractivity contribution >= 4 is 23.5 Å². The Morgan fingerprint density at radius 1 is 1.30 bits per heavy atom. The maximum Gasteiger partial charge on any atom is 0.410 e. The normalized spacial score (nSPS) is 19.1. The number of carbonyl (C=O) groups is 2. The second-order valence-electron chi connectivity index (χ2n) is 8.24. The molecule has 9 nitrogen and oxygen atoms in total. The molecule has 1 aliphatic heterocycles. The number of rotatable bonds is 4. The zero-order valence-electron chi connectivity index (χ0n) is 17.3. The molecule has 3 N–H and O–H groups in total. The number of aromatic nitrogens is 2. The van der Waals surface area contributed by atoms with E-state index in [2.05, 4.69) is 16.5 Å². The molecular weight excluding hydrogens is 384 g/mol. The van der Waals surface area contributed by atoms with Gasteiger partial charge >= 0.3 is 6.09 Å². The minimum Gasteiger partial charge on any atom is -0.444 e. The van der Waals surface area contributed by atoms with Gasteiger partial charge in [0.1, 0.15) is 11.2 Å². The maximum atomic E-state index is 12.4. The molecule has 1 aliphatic rings. The van der Waals surface area contributed by atoms with Crippen LogP contribution in [0.25, 0.3) is 0 Å². The lowest BCUT2D eigenvalue weighted by Gasteiger charge is -2.36. The van der Waals surface area contributed by atoms with Crippen molar-refractivity contribution in [2.75, 3.05) is 18.4 Å². The number of primary amides is 1. The SMILES string of the molecule is CC(C)(C)OC(=O)N1CC[C@@H](n2cc(C(N)=O)c(Nc3ccccc3)n2)[C@H](C#N)C1. The Morgan fingerprint density at radius 2 is 2.00 bits per heavy atom. The molecule has 1 saturated heterocycles. The molecule has 1 fully saturated rings. The van der Waals surface area contributed by atoms with E-state index >= 15 is 0 Å². The first-order valence-electron chi connectivity index (χ1n) is 9.76. The van der Waals surface area contributed by atoms with E-state index in [0.717, 1.165) is 5.69 Å². The number of nitrogens with zero attached hydrogens (tertiary/aromatic N) is 4. The number of amides is 2. The topological polar surface area (TPSA) is 126 Å². The van der Waals surface area contributed by atoms with E-state index in [9.17, 15) is 14.9 Å². The minimum atomic E-state index is -0.612. The summed E-state index contributed by atoms with van der Waals surface area (Å²) in [5.41, 5.74) is 5.93. The van der Waals surface area contributed by atoms with Crippen LogP contribution in [-0.2, 0) is 4.74 Å². The van der Waals surface area contributed by atoms with Gasteiger partial charge in [-0.15, -0.1) is 0 Å². The molecule has 0 unspecified atom stereocenters. The van der Waals surface area contributed by atoms with E-state index in [1.54, 1.807) is 31.6 Å². The molecule has 9 heteroatoms. The van der Waals surface area contributed by atoms with Crippen LogP contribution in [-0.4, -0.2) is 45.4 Å². The fraction of sp³-hybridized carbons (Fsp3) is 0.429. The summed E-state index contributed by atoms with van der Waals surface area (Å²) < 4.78 is 7.02. The lowest BCUT2D eigenvalue weighted by molar-refractivity contribution is 0.0143. The highest BCUT2D eigenvalue weighted by Crippen LogP contribution is 2.31. The lowest BCUT2D eigenvalue weighted by atomic mass is 9.94. The smallest absolute Gasteiger partial charge is 0.410 e. The average molecular weight is 410 g/mol. The third-order valence-electron chi connectivity index (χ3n) is 4.77. The molecule has 0 bridgehead atoms. The molecule has 0 aliphatic carbocycles. The van der Waals surface area contributed by atoms with Crippen molar-refractivity contribution in [2.45, 2.75) is 38.8 Å². The van der Waals surface area contributed by atoms with Gasteiger partial charge in [-0.3, -0.25) is 9.48 Å². The van der Waals surface area contributed by atoms with Crippen LogP contribution in [0, 0.1) is 17.2 Å². The van der Waals surface area contributed by atoms with E-state index < -0.39 is 23.5 Å². The highest BCUT2D eigenvalue weighted by Gasteiger charge is 2.35. The molecule has 2 heterocycles. The van der Waals surface area contributed by atoms with E-state index in [-0.39, 0.29) is 18.2 Å². The third kappa shape index (κ3) is 4.89. The quantitative estimate of drug-likeness (QED) is 0.798. The fourth-order valence-corrected chi connectivity index (χ4v) is 3.37. The molecule has 2 amide bonds. The molecule has 0 spiro atoms. The highest BCUT2D eigenvalue weighted by atomic mass is 16.6. The van der Waals surface area contributed by atoms with Crippen LogP contribution in [0.4, 0.5) is 16.3 Å². The van der Waals surface area contributed by atoms with E-state index in [4.69, 9.17) is 10.5 Å². The second kappa shape index (κ2) is 8.45. The van der Waals surface area contributed by atoms with Crippen LogP contribution in [0.3, 0.4) is 0 Å². The third-order valence-corrected chi connectivity index (χ3v) is 4.77. The Bertz CT molecular complexity index is 957. The van der Waals surface area contributed by atoms with Gasteiger partial charge in [0.25, 0.3) is 5.91 Å². The van der Waals surface area contributed by atoms with Crippen LogP contribution < -0.4 is 11.1 Å². The first-order chi connectivity index (χ1) is 14.2. The summed E-state index contributed by atoms with van der Waals surface area (Å²) in [5, 5.41) is 17.3. The summed E-state index contributed by atoms with van der Waals surface area (Å²) in [7, 11) is 0. The van der Waals surface area contributed by atoms with Crippen LogP contribution in [0.5, 0.6) is 0 Å². The van der Waals surface area contributed by atoms with Crippen molar-refractivity contribution in [3.63, 3.8) is 0 Å². The van der Waals surface area contributed by atoms with Crippen molar-refractivity contribution in [1.82, 2.24) is 14.7 Å². The van der Waals surface area contributed by atoms with Gasteiger partial charge in [0.2, 0.25) is 0 Å². The maximum absolute atomic E-state index is 12.4. The van der Waals surface area contributed by atoms with E-state index in [0.29, 0.717) is 18.8 Å². The molecule has 3 rings (SSSR count). The molecule has 2 atom stereocenters. The number of carbonyl (C=O) groups excluding carboxylic acids is 2. The predicted molar refractivity (Wildman–Crippen MR) is 111 cm³/mol. The first-order valence-corrected chi connectivity index (χ1v) is 9.76. The minimum absolute atomic E-state index is 0.225. The summed E-state index contributed by atoms with van der Waals surface area (Å²) in [6.45, 7) is 6.05. The van der Waals surface area contributed by atoms with Crippen molar-refractivity contribution in [3.8, 4) is 6.07 Å². The van der Waals surface area contributed by atoms with Gasteiger partial charge in [0, 0.05) is 25.0 Å². The monoisotopic (exact) mass is 410 g/mol. The van der Waals surface area contributed by atoms with Crippen LogP contribution in [0.15, 0.2) is 36.5 Å². The zero-order chi connectivity index (χ0) is 21.9. The Kier molecular flexibility index (Phi) is 5.96. The molecule has 30 heavy (non-hydrogen) atoms. The van der Waals surface area contributed by atoms with Crippen molar-refractivity contribution in [1.29, 1.82) is 5.26 Å². The number of hydrogen-bond acceptors (Lipinski definition) is 6. The van der Waals surface area contributed by atoms with Gasteiger partial charge < -0.3 is 20.7 Å². The van der Waals surface area contributed by atoms with Crippen LogP contribution >= 0.6 is 0 Å². The number of likely N-dealkylation sites (tertiary alicyclic amines) is 1. The van der Waals surface area contributed by atoms with Gasteiger partial charge in [-0.05, 0) is 39.3 Å². The Morgan fingerprint density at radius 3 is 2.60 bits per heavy atom. The summed E-state index contributed by atoms with van der Waals surface area (Å²) in [4.78, 5) is 25.8. The fourth-order valence-electron chi connectivity index (χ4n) is 3.37. The number of benzene rings is 1. The summed E-state index contributed by atoms with van der Waals surface area (Å²) in [6, 6.07) is 11.3. The predicted octanol–water partition coefficient (Wildman–Crippen LogP) is 3.05. The number of ether oxygens (including phenoxy) is 1. The molecule has 0 radical (unpaired) electrons. The zero-order valence-corrected chi connectivity index (χ0v) is 17.3. The number of piperidine rings is 1. The largest absolute Gasteiger partial charge is 0.444 e. The summed E-state index contributed by atoms with van der Waals surface area (Å²) >= 11 is 0. The van der Waals surface area contributed by atoms with Crippen molar-refractivity contribution in [3.05, 3.63) is 42.1 Å². The van der Waals surface area contributed by atoms with E-state index in [1.807, 2.05) is 30.3 Å². The number of hydrogen-bond donors (Lipinski definition) is 2. The Balaban J connectivity index is 1.80. The number of para-hydroxylation sites is 1. The van der Waals surface area contributed by atoms with Gasteiger partial charge in [0.05, 0.1) is 18.0 Å². The molecule has 158 valence electrons. The van der Waals surface area contributed by atoms with Crippen LogP contribution in [0.1, 0.15) is 43.6 Å². The Hall–Kier alpha value is -3.54. The van der Waals surface area contributed by atoms with Gasteiger partial charge in [-0.2, -0.15) is 10.4 Å². The molecule has 2 aromatic rings. The Labute approximate surface area is 175 Å². The molecule has 0 saturated carbocycles. The lowest BCUT2D eigenvalue weighted by Crippen LogP contribution is -2.46. The highest BCUT2D eigenvalue weighted by molar-refractivity contribution is 5.98. The number of anilines is 2. The number of nitrogens with one attached hydrogen (secondary N) is 1. The van der Waals surface area contributed by atoms with Gasteiger partial charge in [-0.1, -0.05) is 18.2 Å². The standard InChI is InChI=1S/C21H26N6O3/c1-21(2,3)30-20(29)26-10-9-17(14(11-22)12-26)27-13-16(18(23)28)19(25-27)24-15-7-5-4-6-8-15/h4-8,13-14,17H,9-10,12H2,1-3H3,(H2,23,28)(H,24,25)/t14-,17-/m1/s1. The molecular formula is C21H26N6O3. The van der Waals surface area contributed by atoms with Crippen molar-refractivity contribution in [2.24, 2.45) is 11.7 Å². The van der Waals surface area contributed by atoms with Crippen LogP contribution in [0.2, 0.25) is 0 Å². The number of nitrogens with two attached hydrogens (primary N) is 1. The first kappa shape index (κ1) is 21.2. The van der Waals surface area contributed by atoms with Crippen molar-refractivity contribution < 1.29 is 14.3 Å². The number of nitriles is 1. The molecule has 1 aromatic carbocycles. The van der Waals surface area contributed by atoms with E-state index in [1.165, 1.54) is 4.90 Å². The second-order valence-corrected chi connectivity index (χ2v) is 8.24. The van der Waals surface area contributed by atoms with Gasteiger partial charge in [-0.25, -0.2) is 4.79 Å². The molecule has 1 aromatic heterocycles.